The lowest BCUT2D eigenvalue weighted by Crippen LogP contribution is -2.40. The van der Waals surface area contributed by atoms with Gasteiger partial charge in [-0.2, -0.15) is 4.72 Å². The molecule has 1 aromatic rings. The van der Waals surface area contributed by atoms with Gasteiger partial charge in [-0.3, -0.25) is 4.79 Å². The molecule has 2 N–H and O–H groups in total. The second kappa shape index (κ2) is 7.55. The van der Waals surface area contributed by atoms with E-state index >= 15 is 0 Å². The van der Waals surface area contributed by atoms with Gasteiger partial charge in [-0.05, 0) is 37.0 Å². The van der Waals surface area contributed by atoms with Crippen molar-refractivity contribution in [1.82, 2.24) is 4.72 Å². The zero-order chi connectivity index (χ0) is 16.9. The van der Waals surface area contributed by atoms with Crippen LogP contribution >= 0.6 is 0 Å². The van der Waals surface area contributed by atoms with E-state index in [2.05, 4.69) is 4.72 Å². The van der Waals surface area contributed by atoms with Gasteiger partial charge >= 0.3 is 5.97 Å². The van der Waals surface area contributed by atoms with Gasteiger partial charge in [-0.15, -0.1) is 0 Å². The Balaban J connectivity index is 2.97. The third kappa shape index (κ3) is 4.96. The third-order valence-electron chi connectivity index (χ3n) is 3.06. The second-order valence-electron chi connectivity index (χ2n) is 5.28. The predicted molar refractivity (Wildman–Crippen MR) is 78.8 cm³/mol. The third-order valence-corrected chi connectivity index (χ3v) is 4.53. The van der Waals surface area contributed by atoms with Gasteiger partial charge in [0.2, 0.25) is 10.0 Å². The number of benzene rings is 1. The van der Waals surface area contributed by atoms with Crippen LogP contribution in [0.4, 0.5) is 4.39 Å². The molecule has 0 aliphatic carbocycles. The summed E-state index contributed by atoms with van der Waals surface area (Å²) in [4.78, 5) is 10.8. The molecular formula is C14H20FNO5S. The number of rotatable bonds is 8. The minimum atomic E-state index is -4.13. The average Bonchev–Trinajstić information content (AvgIpc) is 2.42. The molecule has 0 heterocycles. The molecule has 0 amide bonds. The number of methoxy groups -OCH3 is 1. The van der Waals surface area contributed by atoms with E-state index in [1.807, 2.05) is 13.8 Å². The van der Waals surface area contributed by atoms with Crippen molar-refractivity contribution in [3.8, 4) is 5.75 Å². The Morgan fingerprint density at radius 1 is 1.36 bits per heavy atom. The zero-order valence-corrected chi connectivity index (χ0v) is 13.5. The number of carboxylic acid groups (broad SMARTS) is 1. The lowest BCUT2D eigenvalue weighted by atomic mass is 10.0. The first kappa shape index (κ1) is 18.4. The summed E-state index contributed by atoms with van der Waals surface area (Å²) in [6.07, 6.45) is 0.710. The number of aliphatic carboxylic acids is 1. The van der Waals surface area contributed by atoms with E-state index in [0.717, 1.165) is 12.1 Å². The molecule has 1 aromatic carbocycles. The molecule has 8 heteroatoms. The summed E-state index contributed by atoms with van der Waals surface area (Å²) < 4.78 is 44.7. The first-order valence-electron chi connectivity index (χ1n) is 6.76. The summed E-state index contributed by atoms with van der Waals surface area (Å²) in [5, 5.41) is 9.11. The summed E-state index contributed by atoms with van der Waals surface area (Å²) in [5.74, 6) is -1.95. The molecule has 1 atom stereocenters. The summed E-state index contributed by atoms with van der Waals surface area (Å²) in [6.45, 7) is 3.82. The van der Waals surface area contributed by atoms with Crippen molar-refractivity contribution >= 4 is 16.0 Å². The van der Waals surface area contributed by atoms with Gasteiger partial charge in [0.05, 0.1) is 12.0 Å². The quantitative estimate of drug-likeness (QED) is 0.759. The number of halogens is 1. The van der Waals surface area contributed by atoms with Gasteiger partial charge in [0.1, 0.15) is 6.04 Å². The number of hydrogen-bond acceptors (Lipinski definition) is 4. The van der Waals surface area contributed by atoms with Gasteiger partial charge in [0.25, 0.3) is 0 Å². The molecule has 0 bridgehead atoms. The average molecular weight is 333 g/mol. The van der Waals surface area contributed by atoms with Crippen molar-refractivity contribution in [1.29, 1.82) is 0 Å². The van der Waals surface area contributed by atoms with E-state index in [4.69, 9.17) is 9.84 Å². The summed E-state index contributed by atoms with van der Waals surface area (Å²) in [5.41, 5.74) is 0. The van der Waals surface area contributed by atoms with Crippen LogP contribution in [-0.2, 0) is 14.8 Å². The highest BCUT2D eigenvalue weighted by molar-refractivity contribution is 7.89. The van der Waals surface area contributed by atoms with Gasteiger partial charge in [-0.25, -0.2) is 12.8 Å². The Bertz CT molecular complexity index is 630. The molecule has 1 rings (SSSR count). The summed E-state index contributed by atoms with van der Waals surface area (Å²) in [7, 11) is -2.87. The lowest BCUT2D eigenvalue weighted by Gasteiger charge is -2.16. The Morgan fingerprint density at radius 3 is 2.45 bits per heavy atom. The number of hydrogen-bond donors (Lipinski definition) is 2. The van der Waals surface area contributed by atoms with Crippen LogP contribution in [0.5, 0.6) is 5.75 Å². The minimum absolute atomic E-state index is 0.0893. The van der Waals surface area contributed by atoms with Crippen LogP contribution in [0, 0.1) is 11.7 Å². The standard InChI is InChI=1S/C14H20FNO5S/c1-9(2)4-6-12(14(17)18)16-22(19,20)10-5-7-13(21-3)11(15)8-10/h5,7-9,12,16H,4,6H2,1-3H3,(H,17,18)/t12-/m0/s1. The van der Waals surface area contributed by atoms with E-state index in [0.29, 0.717) is 6.42 Å². The Hall–Kier alpha value is -1.67. The molecule has 0 radical (unpaired) electrons. The lowest BCUT2D eigenvalue weighted by molar-refractivity contribution is -0.139. The molecule has 0 spiro atoms. The summed E-state index contributed by atoms with van der Waals surface area (Å²) >= 11 is 0. The molecule has 124 valence electrons. The number of sulfonamides is 1. The molecule has 22 heavy (non-hydrogen) atoms. The van der Waals surface area contributed by atoms with E-state index in [1.165, 1.54) is 13.2 Å². The maximum absolute atomic E-state index is 13.6. The molecule has 0 unspecified atom stereocenters. The fourth-order valence-corrected chi connectivity index (χ4v) is 3.04. The van der Waals surface area contributed by atoms with Gasteiger partial charge < -0.3 is 9.84 Å². The van der Waals surface area contributed by atoms with Crippen LogP contribution < -0.4 is 9.46 Å². The predicted octanol–water partition coefficient (Wildman–Crippen LogP) is 2.00. The molecular weight excluding hydrogens is 313 g/mol. The number of ether oxygens (including phenoxy) is 1. The van der Waals surface area contributed by atoms with Crippen molar-refractivity contribution in [3.63, 3.8) is 0 Å². The highest BCUT2D eigenvalue weighted by Crippen LogP contribution is 2.21. The molecule has 6 nitrogen and oxygen atoms in total. The van der Waals surface area contributed by atoms with Crippen LogP contribution in [0.3, 0.4) is 0 Å². The Kier molecular flexibility index (Phi) is 6.31. The van der Waals surface area contributed by atoms with Gasteiger partial charge in [-0.1, -0.05) is 13.8 Å². The van der Waals surface area contributed by atoms with Gasteiger partial charge in [0.15, 0.2) is 11.6 Å². The number of carbonyl (C=O) groups is 1. The zero-order valence-electron chi connectivity index (χ0n) is 12.7. The fraction of sp³-hybridized carbons (Fsp3) is 0.500. The van der Waals surface area contributed by atoms with Crippen molar-refractivity contribution < 1.29 is 27.4 Å². The fourth-order valence-electron chi connectivity index (χ4n) is 1.80. The van der Waals surface area contributed by atoms with Crippen molar-refractivity contribution in [2.24, 2.45) is 5.92 Å². The molecule has 0 aliphatic rings. The van der Waals surface area contributed by atoms with E-state index in [1.54, 1.807) is 0 Å². The second-order valence-corrected chi connectivity index (χ2v) is 6.99. The van der Waals surface area contributed by atoms with Crippen LogP contribution in [0.2, 0.25) is 0 Å². The van der Waals surface area contributed by atoms with Crippen LogP contribution in [-0.4, -0.2) is 32.6 Å². The van der Waals surface area contributed by atoms with E-state index in [-0.39, 0.29) is 23.0 Å². The minimum Gasteiger partial charge on any atom is -0.494 e. The number of nitrogens with one attached hydrogen (secondary N) is 1. The maximum Gasteiger partial charge on any atom is 0.321 e. The molecule has 0 saturated carbocycles. The summed E-state index contributed by atoms with van der Waals surface area (Å²) in [6, 6.07) is 1.87. The number of carboxylic acids is 1. The van der Waals surface area contributed by atoms with Crippen LogP contribution in [0.15, 0.2) is 23.1 Å². The van der Waals surface area contributed by atoms with Crippen LogP contribution in [0.25, 0.3) is 0 Å². The molecule has 0 aliphatic heterocycles. The molecule has 0 saturated heterocycles. The highest BCUT2D eigenvalue weighted by Gasteiger charge is 2.26. The van der Waals surface area contributed by atoms with Gasteiger partial charge in [0, 0.05) is 0 Å². The molecule has 0 fully saturated rings. The molecule has 0 aromatic heterocycles. The van der Waals surface area contributed by atoms with E-state index in [9.17, 15) is 17.6 Å². The van der Waals surface area contributed by atoms with Crippen molar-refractivity contribution in [2.45, 2.75) is 37.6 Å². The first-order chi connectivity index (χ1) is 10.2. The maximum atomic E-state index is 13.6. The van der Waals surface area contributed by atoms with Crippen molar-refractivity contribution in [3.05, 3.63) is 24.0 Å². The monoisotopic (exact) mass is 333 g/mol. The first-order valence-corrected chi connectivity index (χ1v) is 8.24. The van der Waals surface area contributed by atoms with Crippen LogP contribution in [0.1, 0.15) is 26.7 Å². The Labute approximate surface area is 129 Å². The normalized spacial score (nSPS) is 13.1. The Morgan fingerprint density at radius 2 is 2.00 bits per heavy atom. The topological polar surface area (TPSA) is 92.7 Å². The largest absolute Gasteiger partial charge is 0.494 e. The highest BCUT2D eigenvalue weighted by atomic mass is 32.2. The smallest absolute Gasteiger partial charge is 0.321 e. The van der Waals surface area contributed by atoms with E-state index < -0.39 is 27.9 Å². The SMILES string of the molecule is COc1ccc(S(=O)(=O)N[C@@H](CCC(C)C)C(=O)O)cc1F. The van der Waals surface area contributed by atoms with Crippen molar-refractivity contribution in [2.75, 3.05) is 7.11 Å².